The molecule has 1 aromatic carbocycles. The molecule has 3 aromatic rings. The number of nitrogens with one attached hydrogen (secondary N) is 1. The molecule has 0 aliphatic rings. The van der Waals surface area contributed by atoms with Crippen LogP contribution in [0.5, 0.6) is 0 Å². The molecule has 1 amide bonds. The molecular formula is C19H22N8OS. The van der Waals surface area contributed by atoms with Gasteiger partial charge in [0.25, 0.3) is 0 Å². The van der Waals surface area contributed by atoms with Crippen molar-refractivity contribution in [1.82, 2.24) is 24.5 Å². The molecule has 0 aliphatic heterocycles. The van der Waals surface area contributed by atoms with Gasteiger partial charge in [-0.05, 0) is 18.4 Å². The Morgan fingerprint density at radius 3 is 2.79 bits per heavy atom. The van der Waals surface area contributed by atoms with E-state index in [1.807, 2.05) is 31.2 Å². The van der Waals surface area contributed by atoms with Crippen LogP contribution >= 0.6 is 11.8 Å². The van der Waals surface area contributed by atoms with Crippen molar-refractivity contribution in [2.24, 2.45) is 7.05 Å². The molecule has 0 aliphatic carbocycles. The number of carbonyl (C=O) groups is 1. The highest BCUT2D eigenvalue weighted by molar-refractivity contribution is 7.99. The average molecular weight is 411 g/mol. The minimum atomic E-state index is -0.606. The van der Waals surface area contributed by atoms with Gasteiger partial charge in [0.2, 0.25) is 11.9 Å². The van der Waals surface area contributed by atoms with Gasteiger partial charge in [-0.15, -0.1) is 10.2 Å². The molecule has 0 saturated heterocycles. The number of hydrogen-bond acceptors (Lipinski definition) is 7. The fourth-order valence-corrected chi connectivity index (χ4v) is 3.92. The van der Waals surface area contributed by atoms with Gasteiger partial charge in [0.1, 0.15) is 23.5 Å². The van der Waals surface area contributed by atoms with Crippen LogP contribution < -0.4 is 11.1 Å². The number of carbonyl (C=O) groups excluding carboxylic acids is 1. The van der Waals surface area contributed by atoms with Crippen LogP contribution in [-0.2, 0) is 18.3 Å². The molecule has 3 N–H and O–H groups in total. The Labute approximate surface area is 172 Å². The van der Waals surface area contributed by atoms with Gasteiger partial charge in [0.05, 0.1) is 6.20 Å². The summed E-state index contributed by atoms with van der Waals surface area (Å²) in [6, 6.07) is 11.6. The average Bonchev–Trinajstić information content (AvgIpc) is 3.26. The zero-order valence-electron chi connectivity index (χ0n) is 16.2. The zero-order chi connectivity index (χ0) is 20.8. The van der Waals surface area contributed by atoms with E-state index in [0.29, 0.717) is 23.0 Å². The first-order chi connectivity index (χ1) is 14.0. The molecule has 29 heavy (non-hydrogen) atoms. The summed E-state index contributed by atoms with van der Waals surface area (Å²) in [6.07, 6.45) is 2.76. The molecule has 0 radical (unpaired) electrons. The summed E-state index contributed by atoms with van der Waals surface area (Å²) in [4.78, 5) is 13.0. The Hall–Kier alpha value is -3.32. The third-order valence-corrected chi connectivity index (χ3v) is 5.40. The molecule has 2 heterocycles. The Bertz CT molecular complexity index is 1020. The standard InChI is InChI=1S/C19H22N8OS/c1-3-15(17(28)23-16-14(11-20)12-22-26(16)2)27-18(21)24-25-19(27)29-10-9-13-7-5-4-6-8-13/h4-8,12,15H,3,9-10H2,1-2H3,(H2,21,24)(H,23,28). The number of amides is 1. The number of nitrogens with zero attached hydrogens (tertiary/aromatic N) is 6. The second kappa shape index (κ2) is 9.25. The van der Waals surface area contributed by atoms with Crippen LogP contribution in [0, 0.1) is 11.3 Å². The summed E-state index contributed by atoms with van der Waals surface area (Å²) < 4.78 is 3.10. The van der Waals surface area contributed by atoms with Crippen molar-refractivity contribution in [3.05, 3.63) is 47.7 Å². The van der Waals surface area contributed by atoms with Crippen LogP contribution in [0.4, 0.5) is 11.8 Å². The van der Waals surface area contributed by atoms with Crippen molar-refractivity contribution in [2.75, 3.05) is 16.8 Å². The monoisotopic (exact) mass is 410 g/mol. The predicted molar refractivity (Wildman–Crippen MR) is 111 cm³/mol. The Kier molecular flexibility index (Phi) is 6.51. The van der Waals surface area contributed by atoms with Crippen LogP contribution in [0.15, 0.2) is 41.7 Å². The fraction of sp³-hybridized carbons (Fsp3) is 0.316. The van der Waals surface area contributed by atoms with E-state index in [-0.39, 0.29) is 11.9 Å². The molecule has 10 heteroatoms. The van der Waals surface area contributed by atoms with E-state index in [2.05, 4.69) is 32.7 Å². The summed E-state index contributed by atoms with van der Waals surface area (Å²) in [6.45, 7) is 1.89. The molecule has 3 rings (SSSR count). The van der Waals surface area contributed by atoms with Gasteiger partial charge in [-0.2, -0.15) is 10.4 Å². The van der Waals surface area contributed by atoms with Crippen LogP contribution in [0.1, 0.15) is 30.5 Å². The molecule has 9 nitrogen and oxygen atoms in total. The number of anilines is 2. The van der Waals surface area contributed by atoms with Gasteiger partial charge in [0, 0.05) is 12.8 Å². The van der Waals surface area contributed by atoms with Crippen molar-refractivity contribution in [3.63, 3.8) is 0 Å². The van der Waals surface area contributed by atoms with E-state index < -0.39 is 6.04 Å². The van der Waals surface area contributed by atoms with Gasteiger partial charge < -0.3 is 11.1 Å². The van der Waals surface area contributed by atoms with E-state index in [4.69, 9.17) is 5.73 Å². The number of benzene rings is 1. The topological polar surface area (TPSA) is 127 Å². The smallest absolute Gasteiger partial charge is 0.248 e. The lowest BCUT2D eigenvalue weighted by Crippen LogP contribution is -2.28. The highest BCUT2D eigenvalue weighted by Crippen LogP contribution is 2.27. The van der Waals surface area contributed by atoms with Crippen molar-refractivity contribution in [2.45, 2.75) is 31.0 Å². The van der Waals surface area contributed by atoms with E-state index in [1.54, 1.807) is 11.6 Å². The van der Waals surface area contributed by atoms with E-state index >= 15 is 0 Å². The first-order valence-electron chi connectivity index (χ1n) is 9.15. The SMILES string of the molecule is CCC(C(=O)Nc1c(C#N)cnn1C)n1c(N)nnc1SCCc1ccccc1. The third kappa shape index (κ3) is 4.57. The minimum absolute atomic E-state index is 0.180. The molecule has 150 valence electrons. The first kappa shape index (κ1) is 20.4. The first-order valence-corrected chi connectivity index (χ1v) is 10.1. The number of thioether (sulfide) groups is 1. The van der Waals surface area contributed by atoms with Crippen molar-refractivity contribution >= 4 is 29.4 Å². The minimum Gasteiger partial charge on any atom is -0.368 e. The Balaban J connectivity index is 1.75. The van der Waals surface area contributed by atoms with Gasteiger partial charge in [0.15, 0.2) is 5.16 Å². The van der Waals surface area contributed by atoms with Gasteiger partial charge in [-0.25, -0.2) is 0 Å². The van der Waals surface area contributed by atoms with Crippen molar-refractivity contribution < 1.29 is 4.79 Å². The molecular weight excluding hydrogens is 388 g/mol. The number of nitrogen functional groups attached to an aromatic ring is 1. The van der Waals surface area contributed by atoms with E-state index in [0.717, 1.165) is 12.2 Å². The number of aryl methyl sites for hydroxylation is 2. The summed E-state index contributed by atoms with van der Waals surface area (Å²) >= 11 is 1.50. The third-order valence-electron chi connectivity index (χ3n) is 4.46. The van der Waals surface area contributed by atoms with Crippen LogP contribution in [-0.4, -0.2) is 36.2 Å². The second-order valence-corrected chi connectivity index (χ2v) is 7.41. The largest absolute Gasteiger partial charge is 0.368 e. The van der Waals surface area contributed by atoms with Crippen LogP contribution in [0.25, 0.3) is 0 Å². The van der Waals surface area contributed by atoms with Crippen molar-refractivity contribution in [3.8, 4) is 6.07 Å². The van der Waals surface area contributed by atoms with Crippen molar-refractivity contribution in [1.29, 1.82) is 5.26 Å². The lowest BCUT2D eigenvalue weighted by molar-refractivity contribution is -0.119. The normalized spacial score (nSPS) is 11.8. The van der Waals surface area contributed by atoms with Gasteiger partial charge in [-0.1, -0.05) is 49.0 Å². The van der Waals surface area contributed by atoms with Crippen LogP contribution in [0.3, 0.4) is 0 Å². The molecule has 0 saturated carbocycles. The predicted octanol–water partition coefficient (Wildman–Crippen LogP) is 2.39. The number of hydrogen-bond donors (Lipinski definition) is 2. The molecule has 1 unspecified atom stereocenters. The maximum absolute atomic E-state index is 13.0. The lowest BCUT2D eigenvalue weighted by Gasteiger charge is -2.19. The molecule has 0 bridgehead atoms. The molecule has 2 aromatic heterocycles. The maximum Gasteiger partial charge on any atom is 0.248 e. The Morgan fingerprint density at radius 1 is 1.34 bits per heavy atom. The number of nitriles is 1. The zero-order valence-corrected chi connectivity index (χ0v) is 17.1. The highest BCUT2D eigenvalue weighted by atomic mass is 32.2. The summed E-state index contributed by atoms with van der Waals surface area (Å²) in [5.74, 6) is 1.00. The molecule has 0 spiro atoms. The Morgan fingerprint density at radius 2 is 2.10 bits per heavy atom. The quantitative estimate of drug-likeness (QED) is 0.546. The van der Waals surface area contributed by atoms with E-state index in [9.17, 15) is 10.1 Å². The molecule has 1 atom stereocenters. The van der Waals surface area contributed by atoms with Gasteiger partial charge in [-0.3, -0.25) is 14.0 Å². The summed E-state index contributed by atoms with van der Waals surface area (Å²) in [5, 5.41) is 24.7. The van der Waals surface area contributed by atoms with Gasteiger partial charge >= 0.3 is 0 Å². The molecule has 0 fully saturated rings. The number of aromatic nitrogens is 5. The highest BCUT2D eigenvalue weighted by Gasteiger charge is 2.26. The summed E-state index contributed by atoms with van der Waals surface area (Å²) in [5.41, 5.74) is 7.55. The fourth-order valence-electron chi connectivity index (χ4n) is 2.94. The lowest BCUT2D eigenvalue weighted by atomic mass is 10.2. The van der Waals surface area contributed by atoms with Crippen LogP contribution in [0.2, 0.25) is 0 Å². The summed E-state index contributed by atoms with van der Waals surface area (Å²) in [7, 11) is 1.66. The van der Waals surface area contributed by atoms with E-state index in [1.165, 1.54) is 28.2 Å². The number of nitrogens with two attached hydrogens (primary N) is 1. The number of rotatable bonds is 8. The maximum atomic E-state index is 13.0. The second-order valence-electron chi connectivity index (χ2n) is 6.35.